The lowest BCUT2D eigenvalue weighted by Crippen LogP contribution is -2.47. The number of nitrogens with zero attached hydrogens (tertiary/aromatic N) is 2. The summed E-state index contributed by atoms with van der Waals surface area (Å²) in [5.74, 6) is -0.309. The second kappa shape index (κ2) is 8.83. The van der Waals surface area contributed by atoms with Crippen LogP contribution in [0.15, 0.2) is 83.9 Å². The van der Waals surface area contributed by atoms with Crippen molar-refractivity contribution in [3.63, 3.8) is 0 Å². The Hall–Kier alpha value is -3.93. The first kappa shape index (κ1) is 20.3. The molecule has 6 heteroatoms. The van der Waals surface area contributed by atoms with E-state index < -0.39 is 12.2 Å². The van der Waals surface area contributed by atoms with Crippen LogP contribution < -0.4 is 15.5 Å². The van der Waals surface area contributed by atoms with E-state index in [1.807, 2.05) is 78.9 Å². The lowest BCUT2D eigenvalue weighted by molar-refractivity contribution is -0.119. The van der Waals surface area contributed by atoms with Crippen molar-refractivity contribution in [2.24, 2.45) is 4.99 Å². The maximum absolute atomic E-state index is 13.1. The summed E-state index contributed by atoms with van der Waals surface area (Å²) < 4.78 is 0. The minimum atomic E-state index is -1.05. The third-order valence-electron chi connectivity index (χ3n) is 5.25. The Labute approximate surface area is 181 Å². The summed E-state index contributed by atoms with van der Waals surface area (Å²) in [7, 11) is 1.70. The molecule has 2 N–H and O–H groups in total. The van der Waals surface area contributed by atoms with Gasteiger partial charge in [0.2, 0.25) is 6.17 Å². The highest BCUT2D eigenvalue weighted by molar-refractivity contribution is 6.20. The van der Waals surface area contributed by atoms with Crippen molar-refractivity contribution >= 4 is 29.0 Å². The number of para-hydroxylation sites is 1. The van der Waals surface area contributed by atoms with Gasteiger partial charge in [0.15, 0.2) is 0 Å². The van der Waals surface area contributed by atoms with Gasteiger partial charge in [0.1, 0.15) is 0 Å². The van der Waals surface area contributed by atoms with Gasteiger partial charge in [0.25, 0.3) is 5.91 Å². The summed E-state index contributed by atoms with van der Waals surface area (Å²) in [6.45, 7) is 2.05. The number of anilines is 2. The van der Waals surface area contributed by atoms with Crippen LogP contribution in [0.4, 0.5) is 16.2 Å². The summed E-state index contributed by atoms with van der Waals surface area (Å²) in [6, 6.07) is 24.4. The van der Waals surface area contributed by atoms with Crippen molar-refractivity contribution in [3.05, 3.63) is 95.6 Å². The molecule has 0 aromatic heterocycles. The monoisotopic (exact) mass is 412 g/mol. The van der Waals surface area contributed by atoms with E-state index in [9.17, 15) is 9.59 Å². The Balaban J connectivity index is 1.66. The number of aryl methyl sites for hydroxylation is 1. The van der Waals surface area contributed by atoms with Crippen LogP contribution in [-0.2, 0) is 11.2 Å². The number of carbonyl (C=O) groups excluding carboxylic acids is 2. The molecule has 1 aliphatic rings. The second-order valence-corrected chi connectivity index (χ2v) is 7.31. The Morgan fingerprint density at radius 2 is 1.74 bits per heavy atom. The van der Waals surface area contributed by atoms with Crippen molar-refractivity contribution in [3.8, 4) is 0 Å². The molecule has 4 rings (SSSR count). The van der Waals surface area contributed by atoms with Gasteiger partial charge >= 0.3 is 6.03 Å². The summed E-state index contributed by atoms with van der Waals surface area (Å²) in [5.41, 5.74) is 4.90. The predicted molar refractivity (Wildman–Crippen MR) is 124 cm³/mol. The van der Waals surface area contributed by atoms with Crippen LogP contribution in [0, 0.1) is 0 Å². The van der Waals surface area contributed by atoms with Gasteiger partial charge in [-0.2, -0.15) is 0 Å². The fraction of sp³-hybridized carbons (Fsp3) is 0.160. The van der Waals surface area contributed by atoms with Crippen LogP contribution in [-0.4, -0.2) is 30.9 Å². The number of aliphatic imine (C=N–C) groups is 1. The van der Waals surface area contributed by atoms with Gasteiger partial charge in [-0.3, -0.25) is 4.79 Å². The number of nitrogens with one attached hydrogen (secondary N) is 2. The molecule has 6 nitrogen and oxygen atoms in total. The zero-order valence-corrected chi connectivity index (χ0v) is 17.5. The normalized spacial score (nSPS) is 15.5. The zero-order valence-electron chi connectivity index (χ0n) is 17.5. The van der Waals surface area contributed by atoms with E-state index >= 15 is 0 Å². The third kappa shape index (κ3) is 4.33. The van der Waals surface area contributed by atoms with E-state index in [-0.39, 0.29) is 5.91 Å². The molecule has 31 heavy (non-hydrogen) atoms. The number of benzodiazepines with no additional fused rings is 1. The van der Waals surface area contributed by atoms with Crippen LogP contribution in [0.25, 0.3) is 0 Å². The van der Waals surface area contributed by atoms with Crippen molar-refractivity contribution in [1.82, 2.24) is 5.32 Å². The Morgan fingerprint density at radius 1 is 1.00 bits per heavy atom. The van der Waals surface area contributed by atoms with Gasteiger partial charge in [-0.1, -0.05) is 67.6 Å². The Kier molecular flexibility index (Phi) is 5.80. The molecule has 3 amide bonds. The number of rotatable bonds is 4. The number of urea groups is 1. The van der Waals surface area contributed by atoms with Crippen LogP contribution in [0.1, 0.15) is 23.6 Å². The number of carbonyl (C=O) groups is 2. The number of fused-ring (bicyclic) bond motifs is 1. The highest BCUT2D eigenvalue weighted by Crippen LogP contribution is 2.27. The number of hydrogen-bond donors (Lipinski definition) is 2. The fourth-order valence-corrected chi connectivity index (χ4v) is 3.60. The Morgan fingerprint density at radius 3 is 2.52 bits per heavy atom. The first-order valence-corrected chi connectivity index (χ1v) is 10.2. The molecule has 0 unspecified atom stereocenters. The summed E-state index contributed by atoms with van der Waals surface area (Å²) >= 11 is 0. The first-order chi connectivity index (χ1) is 15.1. The molecule has 156 valence electrons. The number of amides is 3. The molecular formula is C25H24N4O2. The first-order valence-electron chi connectivity index (χ1n) is 10.2. The molecule has 0 aliphatic carbocycles. The second-order valence-electron chi connectivity index (χ2n) is 7.31. The topological polar surface area (TPSA) is 73.8 Å². The molecule has 1 heterocycles. The SMILES string of the molecule is CCc1cccc(NC(=O)N[C@H]2N=C(c3ccccc3)c3ccccc3N(C)C2=O)c1. The minimum absolute atomic E-state index is 0.309. The number of likely N-dealkylation sites (N-methyl/N-ethyl adjacent to an activating group) is 1. The highest BCUT2D eigenvalue weighted by atomic mass is 16.2. The van der Waals surface area contributed by atoms with Gasteiger partial charge in [0, 0.05) is 23.9 Å². The summed E-state index contributed by atoms with van der Waals surface area (Å²) in [4.78, 5) is 32.1. The van der Waals surface area contributed by atoms with Crippen LogP contribution in [0.5, 0.6) is 0 Å². The van der Waals surface area contributed by atoms with Gasteiger partial charge in [0.05, 0.1) is 11.4 Å². The zero-order chi connectivity index (χ0) is 21.8. The van der Waals surface area contributed by atoms with Crippen molar-refractivity contribution < 1.29 is 9.59 Å². The van der Waals surface area contributed by atoms with Crippen LogP contribution in [0.2, 0.25) is 0 Å². The smallest absolute Gasteiger partial charge is 0.311 e. The largest absolute Gasteiger partial charge is 0.321 e. The van der Waals surface area contributed by atoms with E-state index in [4.69, 9.17) is 0 Å². The lowest BCUT2D eigenvalue weighted by atomic mass is 10.0. The van der Waals surface area contributed by atoms with Crippen molar-refractivity contribution in [2.45, 2.75) is 19.5 Å². The quantitative estimate of drug-likeness (QED) is 0.674. The third-order valence-corrected chi connectivity index (χ3v) is 5.25. The standard InChI is InChI=1S/C25H24N4O2/c1-3-17-10-9-13-19(16-17)26-25(31)28-23-24(30)29(2)21-15-8-7-14-20(21)22(27-23)18-11-5-4-6-12-18/h4-16,23H,3H2,1-2H3,(H2,26,28,31)/t23-/m1/s1. The molecule has 3 aromatic rings. The van der Waals surface area contributed by atoms with E-state index in [2.05, 4.69) is 22.5 Å². The van der Waals surface area contributed by atoms with Gasteiger partial charge in [-0.05, 0) is 30.2 Å². The van der Waals surface area contributed by atoms with Gasteiger partial charge in [-0.25, -0.2) is 9.79 Å². The highest BCUT2D eigenvalue weighted by Gasteiger charge is 2.30. The van der Waals surface area contributed by atoms with Crippen LogP contribution >= 0.6 is 0 Å². The average molecular weight is 412 g/mol. The van der Waals surface area contributed by atoms with E-state index in [1.54, 1.807) is 7.05 Å². The molecule has 0 saturated carbocycles. The molecule has 3 aromatic carbocycles. The molecule has 0 bridgehead atoms. The van der Waals surface area contributed by atoms with Crippen molar-refractivity contribution in [2.75, 3.05) is 17.3 Å². The number of hydrogen-bond acceptors (Lipinski definition) is 3. The average Bonchev–Trinajstić information content (AvgIpc) is 2.90. The lowest BCUT2D eigenvalue weighted by Gasteiger charge is -2.21. The maximum atomic E-state index is 13.1. The summed E-state index contributed by atoms with van der Waals surface area (Å²) in [5, 5.41) is 5.54. The molecular weight excluding hydrogens is 388 g/mol. The van der Waals surface area contributed by atoms with Crippen molar-refractivity contribution in [1.29, 1.82) is 0 Å². The predicted octanol–water partition coefficient (Wildman–Crippen LogP) is 4.21. The minimum Gasteiger partial charge on any atom is -0.311 e. The van der Waals surface area contributed by atoms with Gasteiger partial charge < -0.3 is 15.5 Å². The molecule has 0 spiro atoms. The molecule has 1 aliphatic heterocycles. The summed E-state index contributed by atoms with van der Waals surface area (Å²) in [6.07, 6.45) is -0.187. The molecule has 0 radical (unpaired) electrons. The van der Waals surface area contributed by atoms with E-state index in [0.717, 1.165) is 28.8 Å². The fourth-order valence-electron chi connectivity index (χ4n) is 3.60. The Bertz CT molecular complexity index is 1140. The molecule has 1 atom stereocenters. The molecule has 0 saturated heterocycles. The maximum Gasteiger partial charge on any atom is 0.321 e. The molecule has 0 fully saturated rings. The van der Waals surface area contributed by atoms with Gasteiger partial charge in [-0.15, -0.1) is 0 Å². The van der Waals surface area contributed by atoms with E-state index in [0.29, 0.717) is 11.4 Å². The number of benzene rings is 3. The van der Waals surface area contributed by atoms with E-state index in [1.165, 1.54) is 4.90 Å². The van der Waals surface area contributed by atoms with Crippen LogP contribution in [0.3, 0.4) is 0 Å².